The van der Waals surface area contributed by atoms with Gasteiger partial charge < -0.3 is 10.6 Å². The highest BCUT2D eigenvalue weighted by Crippen LogP contribution is 2.30. The molecule has 3 nitrogen and oxygen atoms in total. The van der Waals surface area contributed by atoms with Gasteiger partial charge in [0.05, 0.1) is 5.69 Å². The number of hydrogen-bond donors (Lipinski definition) is 1. The van der Waals surface area contributed by atoms with Crippen molar-refractivity contribution in [2.75, 3.05) is 25.0 Å². The maximum Gasteiger partial charge on any atom is 0.0511 e. The molecule has 1 aromatic rings. The summed E-state index contributed by atoms with van der Waals surface area (Å²) < 4.78 is 1.18. The fourth-order valence-corrected chi connectivity index (χ4v) is 3.58. The summed E-state index contributed by atoms with van der Waals surface area (Å²) in [6, 6.07) is 8.01. The van der Waals surface area contributed by atoms with Crippen molar-refractivity contribution in [1.82, 2.24) is 4.90 Å². The molecule has 1 heterocycles. The van der Waals surface area contributed by atoms with Crippen molar-refractivity contribution in [2.45, 2.75) is 45.3 Å². The van der Waals surface area contributed by atoms with Gasteiger partial charge in [-0.15, -0.1) is 0 Å². The van der Waals surface area contributed by atoms with E-state index in [2.05, 4.69) is 64.8 Å². The lowest BCUT2D eigenvalue weighted by Crippen LogP contribution is -2.55. The molecular weight excluding hydrogens is 314 g/mol. The van der Waals surface area contributed by atoms with Crippen molar-refractivity contribution in [3.63, 3.8) is 0 Å². The lowest BCUT2D eigenvalue weighted by Gasteiger charge is -2.43. The Morgan fingerprint density at radius 3 is 2.40 bits per heavy atom. The van der Waals surface area contributed by atoms with E-state index < -0.39 is 0 Å². The summed E-state index contributed by atoms with van der Waals surface area (Å²) in [4.78, 5) is 4.93. The van der Waals surface area contributed by atoms with Crippen LogP contribution < -0.4 is 10.6 Å². The van der Waals surface area contributed by atoms with Gasteiger partial charge in [0.2, 0.25) is 0 Å². The predicted molar refractivity (Wildman–Crippen MR) is 90.4 cm³/mol. The molecule has 0 spiro atoms. The van der Waals surface area contributed by atoms with Crippen LogP contribution in [-0.4, -0.2) is 43.2 Å². The van der Waals surface area contributed by atoms with E-state index >= 15 is 0 Å². The normalized spacial score (nSPS) is 25.8. The fraction of sp³-hybridized carbons (Fsp3) is 0.625. The summed E-state index contributed by atoms with van der Waals surface area (Å²) >= 11 is 3.73. The highest BCUT2D eigenvalue weighted by atomic mass is 79.9. The van der Waals surface area contributed by atoms with Crippen molar-refractivity contribution < 1.29 is 0 Å². The Hall–Kier alpha value is -0.580. The van der Waals surface area contributed by atoms with Crippen LogP contribution in [0.15, 0.2) is 22.7 Å². The number of rotatable bonds is 3. The zero-order valence-electron chi connectivity index (χ0n) is 12.9. The van der Waals surface area contributed by atoms with Gasteiger partial charge in [-0.25, -0.2) is 0 Å². The minimum Gasteiger partial charge on any atom is -0.368 e. The first kappa shape index (κ1) is 15.8. The second-order valence-electron chi connectivity index (χ2n) is 6.24. The van der Waals surface area contributed by atoms with Gasteiger partial charge in [0.25, 0.3) is 0 Å². The number of benzene rings is 1. The number of likely N-dealkylation sites (N-methyl/N-ethyl adjacent to an activating group) is 1. The highest BCUT2D eigenvalue weighted by Gasteiger charge is 2.27. The standard InChI is InChI=1S/C16H26BrN3/c1-11(18)7-14-5-6-16(15(17)8-14)20-9-12(2)19(4)13(3)10-20/h5-6,8,11-13H,7,9-10,18H2,1-4H3. The van der Waals surface area contributed by atoms with Gasteiger partial charge in [0.15, 0.2) is 0 Å². The summed E-state index contributed by atoms with van der Waals surface area (Å²) in [5.41, 5.74) is 8.47. The molecule has 1 aliphatic heterocycles. The fourth-order valence-electron chi connectivity index (χ4n) is 2.91. The molecule has 0 amide bonds. The molecule has 0 aliphatic carbocycles. The summed E-state index contributed by atoms with van der Waals surface area (Å²) in [6.07, 6.45) is 0.925. The van der Waals surface area contributed by atoms with Gasteiger partial charge in [-0.3, -0.25) is 4.90 Å². The lowest BCUT2D eigenvalue weighted by atomic mass is 10.1. The first-order valence-electron chi connectivity index (χ1n) is 7.39. The molecule has 3 unspecified atom stereocenters. The average molecular weight is 340 g/mol. The van der Waals surface area contributed by atoms with E-state index in [1.165, 1.54) is 15.7 Å². The summed E-state index contributed by atoms with van der Waals surface area (Å²) in [7, 11) is 2.22. The van der Waals surface area contributed by atoms with Crippen LogP contribution in [0.25, 0.3) is 0 Å². The molecule has 1 saturated heterocycles. The number of anilines is 1. The molecule has 20 heavy (non-hydrogen) atoms. The van der Waals surface area contributed by atoms with Crippen LogP contribution in [-0.2, 0) is 6.42 Å². The smallest absolute Gasteiger partial charge is 0.0511 e. The molecule has 1 aliphatic rings. The maximum atomic E-state index is 5.88. The van der Waals surface area contributed by atoms with Gasteiger partial charge in [-0.05, 0) is 67.9 Å². The van der Waals surface area contributed by atoms with Crippen molar-refractivity contribution in [3.8, 4) is 0 Å². The molecule has 4 heteroatoms. The van der Waals surface area contributed by atoms with Crippen molar-refractivity contribution in [2.24, 2.45) is 5.73 Å². The minimum absolute atomic E-state index is 0.205. The predicted octanol–water partition coefficient (Wildman–Crippen LogP) is 2.87. The van der Waals surface area contributed by atoms with Crippen LogP contribution in [0.1, 0.15) is 26.3 Å². The monoisotopic (exact) mass is 339 g/mol. The molecule has 0 bridgehead atoms. The van der Waals surface area contributed by atoms with Crippen LogP contribution >= 0.6 is 15.9 Å². The Morgan fingerprint density at radius 2 is 1.90 bits per heavy atom. The molecule has 3 atom stereocenters. The van der Waals surface area contributed by atoms with Crippen LogP contribution in [0.2, 0.25) is 0 Å². The van der Waals surface area contributed by atoms with Crippen LogP contribution in [0.4, 0.5) is 5.69 Å². The number of piperazine rings is 1. The van der Waals surface area contributed by atoms with Gasteiger partial charge in [-0.2, -0.15) is 0 Å². The Bertz CT molecular complexity index is 449. The average Bonchev–Trinajstić information content (AvgIpc) is 2.34. The third-order valence-electron chi connectivity index (χ3n) is 4.27. The van der Waals surface area contributed by atoms with Gasteiger partial charge in [0.1, 0.15) is 0 Å². The molecule has 0 aromatic heterocycles. The molecule has 1 aromatic carbocycles. The van der Waals surface area contributed by atoms with E-state index in [-0.39, 0.29) is 6.04 Å². The topological polar surface area (TPSA) is 32.5 Å². The molecule has 1 fully saturated rings. The summed E-state index contributed by atoms with van der Waals surface area (Å²) in [5.74, 6) is 0. The first-order chi connectivity index (χ1) is 9.38. The Labute approximate surface area is 131 Å². The van der Waals surface area contributed by atoms with Crippen LogP contribution in [0.5, 0.6) is 0 Å². The molecule has 0 saturated carbocycles. The number of nitrogens with two attached hydrogens (primary N) is 1. The number of hydrogen-bond acceptors (Lipinski definition) is 3. The Kier molecular flexibility index (Phi) is 5.10. The van der Waals surface area contributed by atoms with Crippen LogP contribution in [0.3, 0.4) is 0 Å². The van der Waals surface area contributed by atoms with Gasteiger partial charge in [0, 0.05) is 35.7 Å². The Balaban J connectivity index is 2.17. The van der Waals surface area contributed by atoms with Crippen molar-refractivity contribution in [3.05, 3.63) is 28.2 Å². The first-order valence-corrected chi connectivity index (χ1v) is 8.18. The highest BCUT2D eigenvalue weighted by molar-refractivity contribution is 9.10. The second-order valence-corrected chi connectivity index (χ2v) is 7.09. The van der Waals surface area contributed by atoms with Crippen molar-refractivity contribution >= 4 is 21.6 Å². The molecule has 0 radical (unpaired) electrons. The van der Waals surface area contributed by atoms with Crippen molar-refractivity contribution in [1.29, 1.82) is 0 Å². The van der Waals surface area contributed by atoms with E-state index in [0.29, 0.717) is 12.1 Å². The zero-order valence-corrected chi connectivity index (χ0v) is 14.5. The largest absolute Gasteiger partial charge is 0.368 e. The number of nitrogens with zero attached hydrogens (tertiary/aromatic N) is 2. The van der Waals surface area contributed by atoms with Crippen LogP contribution in [0, 0.1) is 0 Å². The SMILES string of the molecule is CC(N)Cc1ccc(N2CC(C)N(C)C(C)C2)c(Br)c1. The van der Waals surface area contributed by atoms with Gasteiger partial charge in [-0.1, -0.05) is 6.07 Å². The lowest BCUT2D eigenvalue weighted by molar-refractivity contribution is 0.170. The van der Waals surface area contributed by atoms with E-state index in [9.17, 15) is 0 Å². The summed E-state index contributed by atoms with van der Waals surface area (Å²) in [6.45, 7) is 8.78. The van der Waals surface area contributed by atoms with E-state index in [1.807, 2.05) is 6.92 Å². The molecule has 2 N–H and O–H groups in total. The quantitative estimate of drug-likeness (QED) is 0.918. The second kappa shape index (κ2) is 6.46. The maximum absolute atomic E-state index is 5.88. The van der Waals surface area contributed by atoms with E-state index in [4.69, 9.17) is 5.73 Å². The van der Waals surface area contributed by atoms with E-state index in [0.717, 1.165) is 19.5 Å². The number of halogens is 1. The van der Waals surface area contributed by atoms with E-state index in [1.54, 1.807) is 0 Å². The third-order valence-corrected chi connectivity index (χ3v) is 4.91. The minimum atomic E-state index is 0.205. The molecular formula is C16H26BrN3. The third kappa shape index (κ3) is 3.54. The summed E-state index contributed by atoms with van der Waals surface area (Å²) in [5, 5.41) is 0. The van der Waals surface area contributed by atoms with Gasteiger partial charge >= 0.3 is 0 Å². The molecule has 112 valence electrons. The molecule has 2 rings (SSSR count). The Morgan fingerprint density at radius 1 is 1.30 bits per heavy atom. The zero-order chi connectivity index (χ0) is 14.9.